The van der Waals surface area contributed by atoms with Crippen molar-refractivity contribution in [1.82, 2.24) is 10.6 Å². The van der Waals surface area contributed by atoms with E-state index in [2.05, 4.69) is 31.4 Å². The van der Waals surface area contributed by atoms with Crippen LogP contribution in [0.1, 0.15) is 33.6 Å². The summed E-state index contributed by atoms with van der Waals surface area (Å²) in [6, 6.07) is -0.0196. The fourth-order valence-electron chi connectivity index (χ4n) is 2.08. The Morgan fingerprint density at radius 3 is 2.94 bits per heavy atom. The summed E-state index contributed by atoms with van der Waals surface area (Å²) in [6.07, 6.45) is 2.30. The molecule has 1 amide bonds. The van der Waals surface area contributed by atoms with Crippen LogP contribution < -0.4 is 10.6 Å². The van der Waals surface area contributed by atoms with Gasteiger partial charge in [0.15, 0.2) is 0 Å². The van der Waals surface area contributed by atoms with Gasteiger partial charge in [-0.1, -0.05) is 20.8 Å². The third-order valence-corrected chi connectivity index (χ3v) is 3.05. The normalized spacial score (nSPS) is 24.9. The van der Waals surface area contributed by atoms with E-state index < -0.39 is 0 Å². The van der Waals surface area contributed by atoms with Crippen LogP contribution in [-0.4, -0.2) is 38.3 Å². The summed E-state index contributed by atoms with van der Waals surface area (Å²) < 4.78 is 5.42. The average Bonchev–Trinajstić information content (AvgIpc) is 2.28. The van der Waals surface area contributed by atoms with Crippen LogP contribution in [-0.2, 0) is 9.53 Å². The van der Waals surface area contributed by atoms with Gasteiger partial charge in [0.2, 0.25) is 5.91 Å². The lowest BCUT2D eigenvalue weighted by atomic mass is 9.92. The van der Waals surface area contributed by atoms with Crippen LogP contribution in [0.4, 0.5) is 0 Å². The summed E-state index contributed by atoms with van der Waals surface area (Å²) in [6.45, 7) is 9.28. The predicted octanol–water partition coefficient (Wildman–Crippen LogP) is 1.16. The first-order valence-electron chi connectivity index (χ1n) is 6.70. The summed E-state index contributed by atoms with van der Waals surface area (Å²) >= 11 is 0. The SMILES string of the molecule is CC(C)COCCNC(=O)C1NCCCC1C. The fourth-order valence-corrected chi connectivity index (χ4v) is 2.08. The van der Waals surface area contributed by atoms with Crippen molar-refractivity contribution in [3.8, 4) is 0 Å². The summed E-state index contributed by atoms with van der Waals surface area (Å²) in [5.41, 5.74) is 0. The van der Waals surface area contributed by atoms with Crippen molar-refractivity contribution < 1.29 is 9.53 Å². The molecule has 2 atom stereocenters. The van der Waals surface area contributed by atoms with Gasteiger partial charge in [-0.15, -0.1) is 0 Å². The van der Waals surface area contributed by atoms with Gasteiger partial charge in [0, 0.05) is 13.2 Å². The maximum Gasteiger partial charge on any atom is 0.237 e. The zero-order valence-electron chi connectivity index (χ0n) is 11.3. The number of carbonyl (C=O) groups excluding carboxylic acids is 1. The molecule has 2 unspecified atom stereocenters. The van der Waals surface area contributed by atoms with Crippen molar-refractivity contribution >= 4 is 5.91 Å². The van der Waals surface area contributed by atoms with Crippen molar-refractivity contribution in [3.63, 3.8) is 0 Å². The van der Waals surface area contributed by atoms with Crippen LogP contribution in [0.5, 0.6) is 0 Å². The smallest absolute Gasteiger partial charge is 0.237 e. The Balaban J connectivity index is 2.11. The third kappa shape index (κ3) is 5.50. The molecule has 0 aromatic rings. The summed E-state index contributed by atoms with van der Waals surface area (Å²) in [7, 11) is 0. The minimum absolute atomic E-state index is 0.0196. The van der Waals surface area contributed by atoms with Gasteiger partial charge in [-0.05, 0) is 31.2 Å². The van der Waals surface area contributed by atoms with Crippen molar-refractivity contribution in [1.29, 1.82) is 0 Å². The maximum absolute atomic E-state index is 11.9. The molecule has 0 aliphatic carbocycles. The highest BCUT2D eigenvalue weighted by molar-refractivity contribution is 5.82. The molecule has 1 heterocycles. The van der Waals surface area contributed by atoms with E-state index in [1.165, 1.54) is 6.42 Å². The lowest BCUT2D eigenvalue weighted by Crippen LogP contribution is -2.51. The molecule has 0 aromatic heterocycles. The lowest BCUT2D eigenvalue weighted by Gasteiger charge is -2.28. The molecule has 1 saturated heterocycles. The molecular weight excluding hydrogens is 216 g/mol. The van der Waals surface area contributed by atoms with Crippen LogP contribution in [0.25, 0.3) is 0 Å². The molecule has 1 rings (SSSR count). The Labute approximate surface area is 104 Å². The molecule has 17 heavy (non-hydrogen) atoms. The largest absolute Gasteiger partial charge is 0.379 e. The molecule has 4 heteroatoms. The van der Waals surface area contributed by atoms with E-state index in [-0.39, 0.29) is 11.9 Å². The van der Waals surface area contributed by atoms with E-state index in [1.54, 1.807) is 0 Å². The first-order chi connectivity index (χ1) is 8.11. The zero-order chi connectivity index (χ0) is 12.7. The minimum atomic E-state index is -0.0196. The van der Waals surface area contributed by atoms with Crippen molar-refractivity contribution in [2.24, 2.45) is 11.8 Å². The van der Waals surface area contributed by atoms with Crippen LogP contribution in [0.2, 0.25) is 0 Å². The van der Waals surface area contributed by atoms with Crippen molar-refractivity contribution in [2.45, 2.75) is 39.7 Å². The highest BCUT2D eigenvalue weighted by Gasteiger charge is 2.26. The molecule has 0 bridgehead atoms. The third-order valence-electron chi connectivity index (χ3n) is 3.05. The summed E-state index contributed by atoms with van der Waals surface area (Å²) in [5.74, 6) is 1.09. The molecule has 1 fully saturated rings. The number of hydrogen-bond acceptors (Lipinski definition) is 3. The molecule has 0 aromatic carbocycles. The van der Waals surface area contributed by atoms with E-state index in [1.807, 2.05) is 0 Å². The van der Waals surface area contributed by atoms with Gasteiger partial charge in [0.1, 0.15) is 0 Å². The number of hydrogen-bond donors (Lipinski definition) is 2. The molecule has 1 aliphatic heterocycles. The Kier molecular flexibility index (Phi) is 6.52. The number of rotatable bonds is 6. The van der Waals surface area contributed by atoms with Gasteiger partial charge in [-0.25, -0.2) is 0 Å². The molecule has 0 spiro atoms. The summed E-state index contributed by atoms with van der Waals surface area (Å²) in [5, 5.41) is 6.20. The van der Waals surface area contributed by atoms with E-state index in [9.17, 15) is 4.79 Å². The van der Waals surface area contributed by atoms with E-state index in [0.29, 0.717) is 25.0 Å². The van der Waals surface area contributed by atoms with Gasteiger partial charge in [-0.3, -0.25) is 4.79 Å². The molecule has 2 N–H and O–H groups in total. The van der Waals surface area contributed by atoms with Gasteiger partial charge in [-0.2, -0.15) is 0 Å². The highest BCUT2D eigenvalue weighted by atomic mass is 16.5. The number of carbonyl (C=O) groups is 1. The first-order valence-corrected chi connectivity index (χ1v) is 6.70. The zero-order valence-corrected chi connectivity index (χ0v) is 11.3. The molecule has 0 radical (unpaired) electrons. The quantitative estimate of drug-likeness (QED) is 0.687. The van der Waals surface area contributed by atoms with Gasteiger partial charge >= 0.3 is 0 Å². The van der Waals surface area contributed by atoms with Crippen LogP contribution >= 0.6 is 0 Å². The standard InChI is InChI=1S/C13H26N2O2/c1-10(2)9-17-8-7-15-13(16)12-11(3)5-4-6-14-12/h10-12,14H,4-9H2,1-3H3,(H,15,16). The lowest BCUT2D eigenvalue weighted by molar-refractivity contribution is -0.125. The van der Waals surface area contributed by atoms with Crippen molar-refractivity contribution in [2.75, 3.05) is 26.3 Å². The fraction of sp³-hybridized carbons (Fsp3) is 0.923. The van der Waals surface area contributed by atoms with Crippen LogP contribution in [0, 0.1) is 11.8 Å². The second-order valence-corrected chi connectivity index (χ2v) is 5.31. The second kappa shape index (κ2) is 7.67. The van der Waals surface area contributed by atoms with Crippen molar-refractivity contribution in [3.05, 3.63) is 0 Å². The number of amides is 1. The molecule has 0 saturated carbocycles. The Bertz CT molecular complexity index is 231. The monoisotopic (exact) mass is 242 g/mol. The van der Waals surface area contributed by atoms with Crippen LogP contribution in [0.3, 0.4) is 0 Å². The second-order valence-electron chi connectivity index (χ2n) is 5.31. The highest BCUT2D eigenvalue weighted by Crippen LogP contribution is 2.15. The number of nitrogens with one attached hydrogen (secondary N) is 2. The topological polar surface area (TPSA) is 50.4 Å². The van der Waals surface area contributed by atoms with E-state index >= 15 is 0 Å². The maximum atomic E-state index is 11.9. The molecule has 4 nitrogen and oxygen atoms in total. The van der Waals surface area contributed by atoms with Crippen LogP contribution in [0.15, 0.2) is 0 Å². The first kappa shape index (κ1) is 14.5. The number of piperidine rings is 1. The average molecular weight is 242 g/mol. The molecular formula is C13H26N2O2. The van der Waals surface area contributed by atoms with Gasteiger partial charge in [0.05, 0.1) is 12.6 Å². The predicted molar refractivity (Wildman–Crippen MR) is 68.9 cm³/mol. The van der Waals surface area contributed by atoms with Gasteiger partial charge in [0.25, 0.3) is 0 Å². The Morgan fingerprint density at radius 2 is 2.29 bits per heavy atom. The number of ether oxygens (including phenoxy) is 1. The van der Waals surface area contributed by atoms with E-state index in [0.717, 1.165) is 19.6 Å². The Hall–Kier alpha value is -0.610. The minimum Gasteiger partial charge on any atom is -0.379 e. The summed E-state index contributed by atoms with van der Waals surface area (Å²) in [4.78, 5) is 11.9. The molecule has 100 valence electrons. The van der Waals surface area contributed by atoms with Gasteiger partial charge < -0.3 is 15.4 Å². The Morgan fingerprint density at radius 1 is 1.53 bits per heavy atom. The van der Waals surface area contributed by atoms with E-state index in [4.69, 9.17) is 4.74 Å². The molecule has 1 aliphatic rings.